The molecule has 17 heavy (non-hydrogen) atoms. The van der Waals surface area contributed by atoms with E-state index < -0.39 is 12.1 Å². The lowest BCUT2D eigenvalue weighted by molar-refractivity contribution is -0.163. The smallest absolute Gasteiger partial charge is 0.335 e. The second-order valence-electron chi connectivity index (χ2n) is 6.07. The Kier molecular flexibility index (Phi) is 4.95. The summed E-state index contributed by atoms with van der Waals surface area (Å²) in [7, 11) is 0. The summed E-state index contributed by atoms with van der Waals surface area (Å²) >= 11 is 0. The van der Waals surface area contributed by atoms with Gasteiger partial charge in [-0.25, -0.2) is 4.79 Å². The Morgan fingerprint density at radius 1 is 1.53 bits per heavy atom. The molecule has 0 aromatic rings. The average Bonchev–Trinajstić information content (AvgIpc) is 2.14. The number of aliphatic hydroxyl groups is 1. The van der Waals surface area contributed by atoms with Crippen LogP contribution in [0.25, 0.3) is 0 Å². The van der Waals surface area contributed by atoms with Gasteiger partial charge in [0.25, 0.3) is 0 Å². The Bertz CT molecular complexity index is 265. The Balaban J connectivity index is 2.48. The van der Waals surface area contributed by atoms with Crippen molar-refractivity contribution in [1.29, 1.82) is 0 Å². The maximum atomic E-state index is 11.6. The van der Waals surface area contributed by atoms with Gasteiger partial charge < -0.3 is 15.6 Å². The number of nitrogens with two attached hydrogens (primary N) is 1. The molecule has 4 nitrogen and oxygen atoms in total. The van der Waals surface area contributed by atoms with Gasteiger partial charge in [0.2, 0.25) is 0 Å². The fourth-order valence-electron chi connectivity index (χ4n) is 2.87. The minimum Gasteiger partial charge on any atom is -0.460 e. The molecule has 100 valence electrons. The van der Waals surface area contributed by atoms with Crippen LogP contribution in [0, 0.1) is 11.3 Å². The zero-order valence-corrected chi connectivity index (χ0v) is 11.1. The van der Waals surface area contributed by atoms with E-state index in [4.69, 9.17) is 10.5 Å². The van der Waals surface area contributed by atoms with Gasteiger partial charge in [-0.3, -0.25) is 0 Å². The highest BCUT2D eigenvalue weighted by molar-refractivity contribution is 5.74. The van der Waals surface area contributed by atoms with E-state index in [-0.39, 0.29) is 17.9 Å². The summed E-state index contributed by atoms with van der Waals surface area (Å²) in [5.74, 6) is 0.0357. The van der Waals surface area contributed by atoms with Crippen molar-refractivity contribution in [3.63, 3.8) is 0 Å². The molecule has 2 unspecified atom stereocenters. The zero-order chi connectivity index (χ0) is 13.1. The Labute approximate surface area is 104 Å². The minimum atomic E-state index is -1.07. The summed E-state index contributed by atoms with van der Waals surface area (Å²) in [5, 5.41) is 9.49. The number of ether oxygens (including phenoxy) is 1. The average molecular weight is 243 g/mol. The van der Waals surface area contributed by atoms with Crippen molar-refractivity contribution in [2.24, 2.45) is 17.1 Å². The van der Waals surface area contributed by atoms with Gasteiger partial charge in [-0.2, -0.15) is 0 Å². The largest absolute Gasteiger partial charge is 0.460 e. The van der Waals surface area contributed by atoms with Crippen LogP contribution in [0.3, 0.4) is 0 Å². The Morgan fingerprint density at radius 2 is 2.18 bits per heavy atom. The van der Waals surface area contributed by atoms with Gasteiger partial charge in [-0.15, -0.1) is 0 Å². The third kappa shape index (κ3) is 4.64. The van der Waals surface area contributed by atoms with E-state index >= 15 is 0 Å². The number of rotatable bonds is 4. The first-order valence-electron chi connectivity index (χ1n) is 6.42. The zero-order valence-electron chi connectivity index (χ0n) is 11.1. The van der Waals surface area contributed by atoms with E-state index in [1.54, 1.807) is 0 Å². The normalized spacial score (nSPS) is 29.7. The molecule has 0 heterocycles. The van der Waals surface area contributed by atoms with Crippen LogP contribution in [0.2, 0.25) is 0 Å². The molecular weight excluding hydrogens is 218 g/mol. The van der Waals surface area contributed by atoms with E-state index in [1.165, 1.54) is 0 Å². The lowest BCUT2D eigenvalue weighted by Crippen LogP contribution is -2.37. The Morgan fingerprint density at radius 3 is 2.71 bits per heavy atom. The van der Waals surface area contributed by atoms with Crippen LogP contribution in [-0.2, 0) is 9.53 Å². The fourth-order valence-corrected chi connectivity index (χ4v) is 2.87. The van der Waals surface area contributed by atoms with Gasteiger partial charge in [0.1, 0.15) is 6.10 Å². The monoisotopic (exact) mass is 243 g/mol. The molecule has 0 bridgehead atoms. The molecular formula is C13H25NO3. The molecule has 0 aliphatic heterocycles. The van der Waals surface area contributed by atoms with Crippen molar-refractivity contribution < 1.29 is 14.6 Å². The van der Waals surface area contributed by atoms with Crippen molar-refractivity contribution in [1.82, 2.24) is 0 Å². The third-order valence-corrected chi connectivity index (χ3v) is 3.34. The topological polar surface area (TPSA) is 72.5 Å². The highest BCUT2D eigenvalue weighted by Crippen LogP contribution is 2.39. The minimum absolute atomic E-state index is 0.0614. The van der Waals surface area contributed by atoms with Crippen molar-refractivity contribution in [3.05, 3.63) is 0 Å². The second-order valence-corrected chi connectivity index (χ2v) is 6.07. The van der Waals surface area contributed by atoms with Crippen LogP contribution >= 0.6 is 0 Å². The summed E-state index contributed by atoms with van der Waals surface area (Å²) in [6, 6.07) is 0. The van der Waals surface area contributed by atoms with Crippen LogP contribution in [0.1, 0.15) is 46.5 Å². The van der Waals surface area contributed by atoms with Crippen LogP contribution in [0.15, 0.2) is 0 Å². The second kappa shape index (κ2) is 5.83. The lowest BCUT2D eigenvalue weighted by atomic mass is 9.71. The molecule has 1 saturated carbocycles. The molecule has 1 aliphatic carbocycles. The summed E-state index contributed by atoms with van der Waals surface area (Å²) in [4.78, 5) is 11.6. The number of carbonyl (C=O) groups is 1. The quantitative estimate of drug-likeness (QED) is 0.733. The summed E-state index contributed by atoms with van der Waals surface area (Å²) in [5.41, 5.74) is 5.51. The van der Waals surface area contributed by atoms with E-state index in [1.807, 2.05) is 0 Å². The number of aliphatic hydroxyl groups excluding tert-OH is 1. The SMILES string of the molecule is CC1CC(OC(=O)[C@@H](O)CCN)CC(C)(C)C1. The predicted molar refractivity (Wildman–Crippen MR) is 66.4 cm³/mol. The fraction of sp³-hybridized carbons (Fsp3) is 0.923. The molecule has 0 spiro atoms. The van der Waals surface area contributed by atoms with Crippen LogP contribution in [0.4, 0.5) is 0 Å². The van der Waals surface area contributed by atoms with Crippen molar-refractivity contribution >= 4 is 5.97 Å². The van der Waals surface area contributed by atoms with Crippen molar-refractivity contribution in [3.8, 4) is 0 Å². The van der Waals surface area contributed by atoms with Gasteiger partial charge in [0, 0.05) is 0 Å². The van der Waals surface area contributed by atoms with Gasteiger partial charge in [0.05, 0.1) is 0 Å². The lowest BCUT2D eigenvalue weighted by Gasteiger charge is -2.38. The highest BCUT2D eigenvalue weighted by atomic mass is 16.6. The molecule has 3 N–H and O–H groups in total. The summed E-state index contributed by atoms with van der Waals surface area (Å²) < 4.78 is 5.37. The molecule has 4 heteroatoms. The molecule has 1 fully saturated rings. The van der Waals surface area contributed by atoms with E-state index in [0.717, 1.165) is 19.3 Å². The molecule has 0 saturated heterocycles. The first-order chi connectivity index (χ1) is 7.84. The van der Waals surface area contributed by atoms with E-state index in [9.17, 15) is 9.90 Å². The first kappa shape index (κ1) is 14.5. The molecule has 0 radical (unpaired) electrons. The highest BCUT2D eigenvalue weighted by Gasteiger charge is 2.34. The van der Waals surface area contributed by atoms with Gasteiger partial charge in [-0.1, -0.05) is 20.8 Å². The van der Waals surface area contributed by atoms with Crippen LogP contribution < -0.4 is 5.73 Å². The number of hydrogen-bond donors (Lipinski definition) is 2. The van der Waals surface area contributed by atoms with Gasteiger partial charge in [0.15, 0.2) is 6.10 Å². The molecule has 1 rings (SSSR count). The molecule has 1 aliphatic rings. The molecule has 0 aromatic heterocycles. The van der Waals surface area contributed by atoms with E-state index in [0.29, 0.717) is 12.5 Å². The van der Waals surface area contributed by atoms with Crippen LogP contribution in [0.5, 0.6) is 0 Å². The van der Waals surface area contributed by atoms with Gasteiger partial charge >= 0.3 is 5.97 Å². The van der Waals surface area contributed by atoms with Crippen molar-refractivity contribution in [2.45, 2.75) is 58.7 Å². The van der Waals surface area contributed by atoms with Crippen LogP contribution in [-0.4, -0.2) is 29.8 Å². The third-order valence-electron chi connectivity index (χ3n) is 3.34. The molecule has 3 atom stereocenters. The maximum absolute atomic E-state index is 11.6. The first-order valence-corrected chi connectivity index (χ1v) is 6.42. The number of esters is 1. The van der Waals surface area contributed by atoms with Gasteiger partial charge in [-0.05, 0) is 43.6 Å². The summed E-state index contributed by atoms with van der Waals surface area (Å²) in [6.45, 7) is 6.86. The Hall–Kier alpha value is -0.610. The number of carbonyl (C=O) groups excluding carboxylic acids is 1. The maximum Gasteiger partial charge on any atom is 0.335 e. The molecule has 0 aromatic carbocycles. The standard InChI is InChI=1S/C13H25NO3/c1-9-6-10(8-13(2,3)7-9)17-12(16)11(15)4-5-14/h9-11,15H,4-8,14H2,1-3H3/t9?,10?,11-/m0/s1. The number of hydrogen-bond acceptors (Lipinski definition) is 4. The van der Waals surface area contributed by atoms with Crippen molar-refractivity contribution in [2.75, 3.05) is 6.54 Å². The molecule has 0 amide bonds. The van der Waals surface area contributed by atoms with E-state index in [2.05, 4.69) is 20.8 Å². The summed E-state index contributed by atoms with van der Waals surface area (Å²) in [6.07, 6.45) is 2.06. The predicted octanol–water partition coefficient (Wildman–Crippen LogP) is 1.45.